The molecule has 1 heterocycles. The number of aryl methyl sites for hydroxylation is 1. The van der Waals surface area contributed by atoms with Crippen molar-refractivity contribution in [2.45, 2.75) is 19.9 Å². The molecule has 1 aromatic carbocycles. The summed E-state index contributed by atoms with van der Waals surface area (Å²) in [5.41, 5.74) is 0.907. The summed E-state index contributed by atoms with van der Waals surface area (Å²) in [6, 6.07) is 7.52. The molecule has 2 aromatic rings. The van der Waals surface area contributed by atoms with Gasteiger partial charge in [0, 0.05) is 18.5 Å². The summed E-state index contributed by atoms with van der Waals surface area (Å²) in [6.45, 7) is 2.32. The smallest absolute Gasteiger partial charge is 0.291 e. The zero-order valence-corrected chi connectivity index (χ0v) is 10.9. The molecule has 1 amide bonds. The summed E-state index contributed by atoms with van der Waals surface area (Å²) in [7, 11) is 1.60. The van der Waals surface area contributed by atoms with E-state index < -0.39 is 0 Å². The highest BCUT2D eigenvalue weighted by molar-refractivity contribution is 5.90. The van der Waals surface area contributed by atoms with Crippen LogP contribution in [0.1, 0.15) is 28.9 Å². The number of nitrogens with zero attached hydrogens (tertiary/aromatic N) is 2. The Morgan fingerprint density at radius 1 is 1.42 bits per heavy atom. The largest absolute Gasteiger partial charge is 0.496 e. The first-order valence-electron chi connectivity index (χ1n) is 6.06. The summed E-state index contributed by atoms with van der Waals surface area (Å²) in [5.74, 6) is 1.29. The predicted molar refractivity (Wildman–Crippen MR) is 69.9 cm³/mol. The number of amides is 1. The number of rotatable bonds is 5. The Bertz CT molecular complexity index is 565. The maximum Gasteiger partial charge on any atom is 0.291 e. The number of hydrogen-bond donors (Lipinski definition) is 2. The van der Waals surface area contributed by atoms with Gasteiger partial charge >= 0.3 is 0 Å². The highest BCUT2D eigenvalue weighted by Gasteiger charge is 2.12. The van der Waals surface area contributed by atoms with Gasteiger partial charge in [0.25, 0.3) is 5.91 Å². The number of aromatic nitrogens is 3. The average Bonchev–Trinajstić information content (AvgIpc) is 2.94. The van der Waals surface area contributed by atoms with E-state index in [-0.39, 0.29) is 11.7 Å². The molecule has 100 valence electrons. The summed E-state index contributed by atoms with van der Waals surface area (Å²) >= 11 is 0. The SMILES string of the molecule is CCc1nc(C(=O)NCc2ccccc2OC)n[nH]1. The number of H-pyrrole nitrogens is 1. The molecule has 6 heteroatoms. The molecular formula is C13H16N4O2. The van der Waals surface area contributed by atoms with Gasteiger partial charge in [0.15, 0.2) is 0 Å². The van der Waals surface area contributed by atoms with Crippen LogP contribution in [0.2, 0.25) is 0 Å². The van der Waals surface area contributed by atoms with Crippen molar-refractivity contribution >= 4 is 5.91 Å². The molecule has 0 bridgehead atoms. The van der Waals surface area contributed by atoms with Gasteiger partial charge in [0.1, 0.15) is 11.6 Å². The van der Waals surface area contributed by atoms with Crippen LogP contribution in [0.3, 0.4) is 0 Å². The lowest BCUT2D eigenvalue weighted by molar-refractivity contribution is 0.0940. The number of hydrogen-bond acceptors (Lipinski definition) is 4. The van der Waals surface area contributed by atoms with Gasteiger partial charge in [0.05, 0.1) is 7.11 Å². The molecule has 0 atom stereocenters. The molecule has 0 saturated heterocycles. The lowest BCUT2D eigenvalue weighted by Gasteiger charge is -2.08. The zero-order chi connectivity index (χ0) is 13.7. The minimum Gasteiger partial charge on any atom is -0.496 e. The van der Waals surface area contributed by atoms with Gasteiger partial charge in [-0.1, -0.05) is 25.1 Å². The Kier molecular flexibility index (Phi) is 4.12. The molecule has 0 aliphatic heterocycles. The maximum absolute atomic E-state index is 11.8. The fourth-order valence-corrected chi connectivity index (χ4v) is 1.66. The molecule has 2 N–H and O–H groups in total. The van der Waals surface area contributed by atoms with Gasteiger partial charge in [-0.15, -0.1) is 5.10 Å². The van der Waals surface area contributed by atoms with E-state index in [0.717, 1.165) is 11.3 Å². The highest BCUT2D eigenvalue weighted by atomic mass is 16.5. The summed E-state index contributed by atoms with van der Waals surface area (Å²) < 4.78 is 5.22. The molecule has 6 nitrogen and oxygen atoms in total. The van der Waals surface area contributed by atoms with Gasteiger partial charge in [-0.2, -0.15) is 0 Å². The maximum atomic E-state index is 11.8. The third kappa shape index (κ3) is 3.09. The molecule has 0 spiro atoms. The van der Waals surface area contributed by atoms with Crippen molar-refractivity contribution in [2.75, 3.05) is 7.11 Å². The molecule has 0 unspecified atom stereocenters. The molecule has 0 saturated carbocycles. The number of carbonyl (C=O) groups is 1. The lowest BCUT2D eigenvalue weighted by atomic mass is 10.2. The van der Waals surface area contributed by atoms with Gasteiger partial charge in [-0.05, 0) is 6.07 Å². The summed E-state index contributed by atoms with van der Waals surface area (Å²) in [6.07, 6.45) is 0.715. The van der Waals surface area contributed by atoms with Crippen LogP contribution in [0.15, 0.2) is 24.3 Å². The lowest BCUT2D eigenvalue weighted by Crippen LogP contribution is -2.24. The van der Waals surface area contributed by atoms with Crippen molar-refractivity contribution in [3.05, 3.63) is 41.5 Å². The van der Waals surface area contributed by atoms with Crippen molar-refractivity contribution in [1.29, 1.82) is 0 Å². The first kappa shape index (κ1) is 13.1. The zero-order valence-electron chi connectivity index (χ0n) is 10.9. The molecule has 0 radical (unpaired) electrons. The Hall–Kier alpha value is -2.37. The van der Waals surface area contributed by atoms with Crippen LogP contribution in [0, 0.1) is 0 Å². The normalized spacial score (nSPS) is 10.2. The molecule has 19 heavy (non-hydrogen) atoms. The van der Waals surface area contributed by atoms with Crippen LogP contribution in [0.4, 0.5) is 0 Å². The van der Waals surface area contributed by atoms with Crippen LogP contribution >= 0.6 is 0 Å². The van der Waals surface area contributed by atoms with Crippen molar-refractivity contribution in [3.8, 4) is 5.75 Å². The predicted octanol–water partition coefficient (Wildman–Crippen LogP) is 1.31. The molecular weight excluding hydrogens is 244 g/mol. The van der Waals surface area contributed by atoms with E-state index in [1.54, 1.807) is 7.11 Å². The van der Waals surface area contributed by atoms with Gasteiger partial charge in [0.2, 0.25) is 5.82 Å². The van der Waals surface area contributed by atoms with E-state index in [1.807, 2.05) is 31.2 Å². The number of nitrogens with one attached hydrogen (secondary N) is 2. The topological polar surface area (TPSA) is 79.9 Å². The third-order valence-corrected chi connectivity index (χ3v) is 2.70. The average molecular weight is 260 g/mol. The first-order valence-corrected chi connectivity index (χ1v) is 6.06. The summed E-state index contributed by atoms with van der Waals surface area (Å²) in [4.78, 5) is 15.9. The first-order chi connectivity index (χ1) is 9.24. The highest BCUT2D eigenvalue weighted by Crippen LogP contribution is 2.16. The number of methoxy groups -OCH3 is 1. The molecule has 0 aliphatic carbocycles. The third-order valence-electron chi connectivity index (χ3n) is 2.70. The van der Waals surface area contributed by atoms with Crippen molar-refractivity contribution < 1.29 is 9.53 Å². The van der Waals surface area contributed by atoms with Crippen LogP contribution < -0.4 is 10.1 Å². The van der Waals surface area contributed by atoms with Gasteiger partial charge in [-0.25, -0.2) is 4.98 Å². The Balaban J connectivity index is 2.00. The van der Waals surface area contributed by atoms with E-state index in [0.29, 0.717) is 18.8 Å². The number of ether oxygens (including phenoxy) is 1. The monoisotopic (exact) mass is 260 g/mol. The van der Waals surface area contributed by atoms with Gasteiger partial charge in [-0.3, -0.25) is 9.89 Å². The molecule has 2 rings (SSSR count). The standard InChI is InChI=1S/C13H16N4O2/c1-3-11-15-12(17-16-11)13(18)14-8-9-6-4-5-7-10(9)19-2/h4-7H,3,8H2,1-2H3,(H,14,18)(H,15,16,17). The minimum absolute atomic E-state index is 0.159. The van der Waals surface area contributed by atoms with E-state index in [1.165, 1.54) is 0 Å². The Morgan fingerprint density at radius 2 is 2.21 bits per heavy atom. The number of benzene rings is 1. The van der Waals surface area contributed by atoms with E-state index in [2.05, 4.69) is 20.5 Å². The Morgan fingerprint density at radius 3 is 2.89 bits per heavy atom. The second-order valence-corrected chi connectivity index (χ2v) is 3.95. The van der Waals surface area contributed by atoms with Crippen LogP contribution in [0.25, 0.3) is 0 Å². The number of para-hydroxylation sites is 1. The van der Waals surface area contributed by atoms with E-state index in [4.69, 9.17) is 4.74 Å². The van der Waals surface area contributed by atoms with E-state index in [9.17, 15) is 4.79 Å². The quantitative estimate of drug-likeness (QED) is 0.849. The Labute approximate surface area is 111 Å². The van der Waals surface area contributed by atoms with Crippen LogP contribution in [-0.2, 0) is 13.0 Å². The number of aromatic amines is 1. The van der Waals surface area contributed by atoms with Crippen molar-refractivity contribution in [2.24, 2.45) is 0 Å². The van der Waals surface area contributed by atoms with E-state index >= 15 is 0 Å². The minimum atomic E-state index is -0.304. The second kappa shape index (κ2) is 5.99. The molecule has 1 aromatic heterocycles. The molecule has 0 fully saturated rings. The fraction of sp³-hybridized carbons (Fsp3) is 0.308. The van der Waals surface area contributed by atoms with Crippen LogP contribution in [-0.4, -0.2) is 28.2 Å². The second-order valence-electron chi connectivity index (χ2n) is 3.95. The van der Waals surface area contributed by atoms with Crippen molar-refractivity contribution in [1.82, 2.24) is 20.5 Å². The fourth-order valence-electron chi connectivity index (χ4n) is 1.66. The molecule has 0 aliphatic rings. The number of carbonyl (C=O) groups excluding carboxylic acids is 1. The van der Waals surface area contributed by atoms with Crippen LogP contribution in [0.5, 0.6) is 5.75 Å². The summed E-state index contributed by atoms with van der Waals surface area (Å²) in [5, 5.41) is 9.34. The van der Waals surface area contributed by atoms with Gasteiger partial charge < -0.3 is 10.1 Å². The van der Waals surface area contributed by atoms with Crippen molar-refractivity contribution in [3.63, 3.8) is 0 Å².